The van der Waals surface area contributed by atoms with Gasteiger partial charge in [-0.2, -0.15) is 0 Å². The Labute approximate surface area is 186 Å². The Hall–Kier alpha value is -3.93. The predicted octanol–water partition coefficient (Wildman–Crippen LogP) is 4.72. The highest BCUT2D eigenvalue weighted by Gasteiger charge is 2.47. The second-order valence-corrected chi connectivity index (χ2v) is 7.70. The first-order valence-electron chi connectivity index (χ1n) is 10.4. The van der Waals surface area contributed by atoms with Gasteiger partial charge < -0.3 is 9.84 Å². The largest absolute Gasteiger partial charge is 0.507 e. The summed E-state index contributed by atoms with van der Waals surface area (Å²) in [6, 6.07) is 15.4. The molecule has 1 aromatic heterocycles. The zero-order chi connectivity index (χ0) is 22.8. The summed E-state index contributed by atoms with van der Waals surface area (Å²) >= 11 is 0. The van der Waals surface area contributed by atoms with Crippen LogP contribution < -0.4 is 9.64 Å². The lowest BCUT2D eigenvalue weighted by atomic mass is 9.94. The summed E-state index contributed by atoms with van der Waals surface area (Å²) in [5.41, 5.74) is 3.45. The average molecular weight is 428 g/mol. The van der Waals surface area contributed by atoms with Gasteiger partial charge in [-0.05, 0) is 56.2 Å². The topological polar surface area (TPSA) is 79.7 Å². The van der Waals surface area contributed by atoms with Crippen molar-refractivity contribution in [2.45, 2.75) is 26.8 Å². The van der Waals surface area contributed by atoms with E-state index >= 15 is 0 Å². The molecule has 1 fully saturated rings. The van der Waals surface area contributed by atoms with Crippen LogP contribution in [0.15, 0.2) is 72.6 Å². The molecular formula is C26H24N2O4. The van der Waals surface area contributed by atoms with E-state index in [4.69, 9.17) is 4.74 Å². The van der Waals surface area contributed by atoms with E-state index in [2.05, 4.69) is 4.98 Å². The summed E-state index contributed by atoms with van der Waals surface area (Å²) < 4.78 is 5.58. The molecule has 3 aromatic rings. The van der Waals surface area contributed by atoms with Crippen molar-refractivity contribution in [2.24, 2.45) is 0 Å². The van der Waals surface area contributed by atoms with Crippen LogP contribution in [0.1, 0.15) is 35.2 Å². The molecule has 1 N–H and O–H groups in total. The number of rotatable bonds is 5. The van der Waals surface area contributed by atoms with Gasteiger partial charge in [-0.15, -0.1) is 0 Å². The average Bonchev–Trinajstić information content (AvgIpc) is 3.06. The van der Waals surface area contributed by atoms with Gasteiger partial charge in [0, 0.05) is 29.7 Å². The van der Waals surface area contributed by atoms with Crippen LogP contribution in [0.2, 0.25) is 0 Å². The van der Waals surface area contributed by atoms with Crippen molar-refractivity contribution in [3.05, 3.63) is 94.8 Å². The van der Waals surface area contributed by atoms with Crippen molar-refractivity contribution in [3.63, 3.8) is 0 Å². The van der Waals surface area contributed by atoms with Crippen molar-refractivity contribution in [2.75, 3.05) is 11.5 Å². The second kappa shape index (κ2) is 8.67. The van der Waals surface area contributed by atoms with Crippen LogP contribution >= 0.6 is 0 Å². The van der Waals surface area contributed by atoms with Gasteiger partial charge in [0.25, 0.3) is 11.7 Å². The number of carbonyl (C=O) groups is 2. The van der Waals surface area contributed by atoms with E-state index in [1.54, 1.807) is 48.8 Å². The summed E-state index contributed by atoms with van der Waals surface area (Å²) in [6.45, 7) is 6.11. The molecule has 162 valence electrons. The first-order chi connectivity index (χ1) is 15.4. The molecule has 0 radical (unpaired) electrons. The normalized spacial score (nSPS) is 17.6. The minimum absolute atomic E-state index is 0.0403. The number of nitrogens with zero attached hydrogens (tertiary/aromatic N) is 2. The number of aryl methyl sites for hydroxylation is 2. The highest BCUT2D eigenvalue weighted by Crippen LogP contribution is 2.42. The molecule has 32 heavy (non-hydrogen) atoms. The van der Waals surface area contributed by atoms with Gasteiger partial charge >= 0.3 is 0 Å². The molecule has 6 heteroatoms. The van der Waals surface area contributed by atoms with E-state index < -0.39 is 17.7 Å². The molecule has 0 aliphatic carbocycles. The maximum atomic E-state index is 13.2. The third-order valence-corrected chi connectivity index (χ3v) is 5.50. The molecule has 1 amide bonds. The van der Waals surface area contributed by atoms with Crippen molar-refractivity contribution >= 4 is 23.1 Å². The number of hydrogen-bond donors (Lipinski definition) is 1. The number of ketones is 1. The first kappa shape index (κ1) is 21.3. The molecule has 2 aromatic carbocycles. The quantitative estimate of drug-likeness (QED) is 0.361. The number of amides is 1. The lowest BCUT2D eigenvalue weighted by Crippen LogP contribution is -2.29. The third kappa shape index (κ3) is 3.75. The summed E-state index contributed by atoms with van der Waals surface area (Å²) in [4.78, 5) is 32.0. The zero-order valence-corrected chi connectivity index (χ0v) is 18.2. The van der Waals surface area contributed by atoms with Crippen LogP contribution in [0.3, 0.4) is 0 Å². The number of ether oxygens (including phenoxy) is 1. The number of carbonyl (C=O) groups excluding carboxylic acids is 2. The lowest BCUT2D eigenvalue weighted by molar-refractivity contribution is -0.132. The molecule has 0 spiro atoms. The summed E-state index contributed by atoms with van der Waals surface area (Å²) in [5, 5.41) is 11.3. The molecule has 1 saturated heterocycles. The van der Waals surface area contributed by atoms with E-state index in [0.29, 0.717) is 29.2 Å². The standard InChI is InChI=1S/C26H24N2O4/c1-4-32-20-9-5-8-19(14-20)28-23(18-7-6-12-27-15-18)22(25(30)26(28)31)24(29)21-13-16(2)10-11-17(21)3/h5-15,23,29H,4H2,1-3H3/b24-22+. The van der Waals surface area contributed by atoms with Crippen molar-refractivity contribution in [1.82, 2.24) is 4.98 Å². The number of aromatic nitrogens is 1. The Kier molecular flexibility index (Phi) is 5.77. The number of Topliss-reactive ketones (excluding diaryl/α,β-unsaturated/α-hetero) is 1. The number of hydrogen-bond acceptors (Lipinski definition) is 5. The van der Waals surface area contributed by atoms with Crippen molar-refractivity contribution in [1.29, 1.82) is 0 Å². The summed E-state index contributed by atoms with van der Waals surface area (Å²) in [5.74, 6) is -1.05. The Morgan fingerprint density at radius 3 is 2.62 bits per heavy atom. The van der Waals surface area contributed by atoms with Gasteiger partial charge in [0.1, 0.15) is 11.5 Å². The SMILES string of the molecule is CCOc1cccc(N2C(=O)C(=O)/C(=C(/O)c3cc(C)ccc3C)C2c2cccnc2)c1. The number of aliphatic hydroxyl groups excluding tert-OH is 1. The van der Waals surface area contributed by atoms with E-state index in [1.165, 1.54) is 4.90 Å². The van der Waals surface area contributed by atoms with Crippen LogP contribution in [0.25, 0.3) is 5.76 Å². The number of benzene rings is 2. The van der Waals surface area contributed by atoms with E-state index in [0.717, 1.165) is 11.1 Å². The molecule has 2 heterocycles. The molecule has 0 bridgehead atoms. The fourth-order valence-electron chi connectivity index (χ4n) is 3.98. The molecule has 1 unspecified atom stereocenters. The fraction of sp³-hybridized carbons (Fsp3) is 0.192. The van der Waals surface area contributed by atoms with Gasteiger partial charge in [-0.1, -0.05) is 29.8 Å². The maximum Gasteiger partial charge on any atom is 0.300 e. The Morgan fingerprint density at radius 2 is 1.91 bits per heavy atom. The number of pyridine rings is 1. The molecule has 4 rings (SSSR count). The molecule has 1 aliphatic rings. The maximum absolute atomic E-state index is 13.2. The van der Waals surface area contributed by atoms with Crippen LogP contribution in [0, 0.1) is 13.8 Å². The highest BCUT2D eigenvalue weighted by molar-refractivity contribution is 6.51. The van der Waals surface area contributed by atoms with Gasteiger partial charge in [-0.3, -0.25) is 19.5 Å². The third-order valence-electron chi connectivity index (χ3n) is 5.50. The molecule has 1 atom stereocenters. The minimum Gasteiger partial charge on any atom is -0.507 e. The van der Waals surface area contributed by atoms with Crippen LogP contribution in [0.4, 0.5) is 5.69 Å². The monoisotopic (exact) mass is 428 g/mol. The molecular weight excluding hydrogens is 404 g/mol. The van der Waals surface area contributed by atoms with E-state index in [9.17, 15) is 14.7 Å². The van der Waals surface area contributed by atoms with Crippen LogP contribution in [-0.4, -0.2) is 28.4 Å². The van der Waals surface area contributed by atoms with Crippen LogP contribution in [0.5, 0.6) is 5.75 Å². The van der Waals surface area contributed by atoms with Gasteiger partial charge in [0.05, 0.1) is 18.2 Å². The molecule has 6 nitrogen and oxygen atoms in total. The first-order valence-corrected chi connectivity index (χ1v) is 10.4. The van der Waals surface area contributed by atoms with E-state index in [-0.39, 0.29) is 11.3 Å². The molecule has 0 saturated carbocycles. The van der Waals surface area contributed by atoms with E-state index in [1.807, 2.05) is 39.0 Å². The summed E-state index contributed by atoms with van der Waals surface area (Å²) in [7, 11) is 0. The fourth-order valence-corrected chi connectivity index (χ4v) is 3.98. The Morgan fingerprint density at radius 1 is 1.09 bits per heavy atom. The number of anilines is 1. The Bertz CT molecular complexity index is 1220. The highest BCUT2D eigenvalue weighted by atomic mass is 16.5. The van der Waals surface area contributed by atoms with Crippen molar-refractivity contribution < 1.29 is 19.4 Å². The van der Waals surface area contributed by atoms with Crippen molar-refractivity contribution in [3.8, 4) is 5.75 Å². The lowest BCUT2D eigenvalue weighted by Gasteiger charge is -2.25. The smallest absolute Gasteiger partial charge is 0.300 e. The minimum atomic E-state index is -0.819. The van der Waals surface area contributed by atoms with Gasteiger partial charge in [-0.25, -0.2) is 0 Å². The Balaban J connectivity index is 1.94. The number of aliphatic hydroxyl groups is 1. The summed E-state index contributed by atoms with van der Waals surface area (Å²) in [6.07, 6.45) is 3.22. The molecule has 1 aliphatic heterocycles. The van der Waals surface area contributed by atoms with Crippen LogP contribution in [-0.2, 0) is 9.59 Å². The second-order valence-electron chi connectivity index (χ2n) is 7.70. The zero-order valence-electron chi connectivity index (χ0n) is 18.2. The predicted molar refractivity (Wildman–Crippen MR) is 123 cm³/mol. The van der Waals surface area contributed by atoms with Gasteiger partial charge in [0.15, 0.2) is 0 Å². The van der Waals surface area contributed by atoms with Gasteiger partial charge in [0.2, 0.25) is 0 Å².